The highest BCUT2D eigenvalue weighted by molar-refractivity contribution is 7.82. The van der Waals surface area contributed by atoms with Crippen molar-refractivity contribution in [3.8, 4) is 6.07 Å². The van der Waals surface area contributed by atoms with E-state index >= 15 is 0 Å². The molecule has 1 aromatic carbocycles. The molecule has 1 aliphatic heterocycles. The predicted octanol–water partition coefficient (Wildman–Crippen LogP) is 2.57. The quantitative estimate of drug-likeness (QED) is 0.909. The molecule has 0 bridgehead atoms. The molecule has 0 saturated carbocycles. The molecule has 2 rings (SSSR count). The molecular weight excluding hydrogens is 326 g/mol. The highest BCUT2D eigenvalue weighted by Crippen LogP contribution is 2.19. The Labute approximate surface area is 145 Å². The van der Waals surface area contributed by atoms with Crippen LogP contribution in [0, 0.1) is 11.3 Å². The van der Waals surface area contributed by atoms with Gasteiger partial charge in [0.05, 0.1) is 16.5 Å². The summed E-state index contributed by atoms with van der Waals surface area (Å²) in [6.45, 7) is 6.71. The summed E-state index contributed by atoms with van der Waals surface area (Å²) in [6, 6.07) is 8.94. The van der Waals surface area contributed by atoms with Gasteiger partial charge >= 0.3 is 6.09 Å². The van der Waals surface area contributed by atoms with Crippen LogP contribution < -0.4 is 5.32 Å². The third kappa shape index (κ3) is 5.32. The number of nitrogens with zero attached hydrogens (tertiary/aromatic N) is 2. The van der Waals surface area contributed by atoms with Crippen molar-refractivity contribution in [3.63, 3.8) is 0 Å². The van der Waals surface area contributed by atoms with Crippen molar-refractivity contribution >= 4 is 17.1 Å². The van der Waals surface area contributed by atoms with Crippen LogP contribution in [0.4, 0.5) is 4.79 Å². The first-order valence-corrected chi connectivity index (χ1v) is 9.06. The number of amides is 1. The summed E-state index contributed by atoms with van der Waals surface area (Å²) in [5.41, 5.74) is -0.0137. The third-order valence-corrected chi connectivity index (χ3v) is 5.07. The first kappa shape index (κ1) is 18.4. The van der Waals surface area contributed by atoms with Crippen LogP contribution in [0.5, 0.6) is 0 Å². The Bertz CT molecular complexity index is 656. The van der Waals surface area contributed by atoms with Gasteiger partial charge in [-0.2, -0.15) is 5.26 Å². The minimum Gasteiger partial charge on any atom is -0.444 e. The zero-order valence-corrected chi connectivity index (χ0v) is 15.1. The number of hydrogen-bond acceptors (Lipinski definition) is 4. The van der Waals surface area contributed by atoms with E-state index in [1.165, 1.54) is 0 Å². The van der Waals surface area contributed by atoms with E-state index in [1.807, 2.05) is 25.1 Å². The molecule has 1 N–H and O–H groups in total. The fraction of sp³-hybridized carbons (Fsp3) is 0.529. The van der Waals surface area contributed by atoms with Gasteiger partial charge in [0.1, 0.15) is 16.6 Å². The number of benzene rings is 1. The minimum atomic E-state index is -1.29. The van der Waals surface area contributed by atoms with Crippen LogP contribution in [0.25, 0.3) is 0 Å². The smallest absolute Gasteiger partial charge is 0.407 e. The molecular formula is C17H23N3O3S. The monoisotopic (exact) mass is 349 g/mol. The van der Waals surface area contributed by atoms with Gasteiger partial charge in [0.25, 0.3) is 0 Å². The highest BCUT2D eigenvalue weighted by atomic mass is 32.2. The molecule has 1 aliphatic rings. The first-order chi connectivity index (χ1) is 11.3. The Balaban J connectivity index is 1.87. The third-order valence-electron chi connectivity index (χ3n) is 3.57. The minimum absolute atomic E-state index is 0.0264. The Morgan fingerprint density at radius 2 is 2.04 bits per heavy atom. The van der Waals surface area contributed by atoms with E-state index in [2.05, 4.69) is 11.4 Å². The molecule has 0 aliphatic carbocycles. The largest absolute Gasteiger partial charge is 0.444 e. The van der Waals surface area contributed by atoms with Crippen LogP contribution in [0.1, 0.15) is 39.2 Å². The Hall–Kier alpha value is -1.91. The summed E-state index contributed by atoms with van der Waals surface area (Å²) in [6.07, 6.45) is 1.01. The second-order valence-corrected chi connectivity index (χ2v) is 8.22. The maximum atomic E-state index is 12.6. The average molecular weight is 349 g/mol. The van der Waals surface area contributed by atoms with E-state index in [0.717, 1.165) is 0 Å². The zero-order valence-electron chi connectivity index (χ0n) is 14.2. The summed E-state index contributed by atoms with van der Waals surface area (Å²) in [7, 11) is -1.29. The molecule has 0 radical (unpaired) electrons. The predicted molar refractivity (Wildman–Crippen MR) is 91.5 cm³/mol. The summed E-state index contributed by atoms with van der Waals surface area (Å²) < 4.78 is 19.7. The number of ether oxygens (including phenoxy) is 1. The first-order valence-electron chi connectivity index (χ1n) is 7.95. The number of nitriles is 1. The number of carbonyl (C=O) groups excluding carboxylic acids is 1. The lowest BCUT2D eigenvalue weighted by molar-refractivity contribution is 0.0490. The number of alkyl carbamates (subject to hydrolysis) is 1. The second kappa shape index (κ2) is 7.77. The molecule has 1 fully saturated rings. The molecule has 1 unspecified atom stereocenters. The van der Waals surface area contributed by atoms with Crippen molar-refractivity contribution < 1.29 is 13.7 Å². The van der Waals surface area contributed by atoms with Gasteiger partial charge in [-0.1, -0.05) is 6.07 Å². The van der Waals surface area contributed by atoms with E-state index < -0.39 is 22.7 Å². The molecule has 0 spiro atoms. The standard InChI is InChI=1S/C17H23N3O3S/c1-17(2,3)23-16(21)19-14-7-9-20(10-8-14)24(22)15-6-4-5-13(11-15)12-18/h4-6,11,14H,7-10H2,1-3H3,(H,19,21). The molecule has 0 aromatic heterocycles. The average Bonchev–Trinajstić information content (AvgIpc) is 2.53. The summed E-state index contributed by atoms with van der Waals surface area (Å²) >= 11 is 0. The lowest BCUT2D eigenvalue weighted by Gasteiger charge is -2.31. The number of carbonyl (C=O) groups is 1. The molecule has 1 amide bonds. The molecule has 1 aromatic rings. The number of rotatable bonds is 3. The Morgan fingerprint density at radius 1 is 1.38 bits per heavy atom. The van der Waals surface area contributed by atoms with Crippen LogP contribution in [-0.4, -0.2) is 39.3 Å². The summed E-state index contributed by atoms with van der Waals surface area (Å²) in [5.74, 6) is 0. The van der Waals surface area contributed by atoms with Crippen LogP contribution in [0.3, 0.4) is 0 Å². The number of hydrogen-bond donors (Lipinski definition) is 1. The maximum Gasteiger partial charge on any atom is 0.407 e. The maximum absolute atomic E-state index is 12.6. The van der Waals surface area contributed by atoms with Gasteiger partial charge in [-0.25, -0.2) is 13.3 Å². The van der Waals surface area contributed by atoms with Crippen LogP contribution in [0.15, 0.2) is 29.2 Å². The number of nitrogens with one attached hydrogen (secondary N) is 1. The van der Waals surface area contributed by atoms with Gasteiger partial charge < -0.3 is 10.1 Å². The van der Waals surface area contributed by atoms with Gasteiger partial charge in [-0.3, -0.25) is 0 Å². The fourth-order valence-electron chi connectivity index (χ4n) is 2.46. The second-order valence-electron chi connectivity index (χ2n) is 6.74. The molecule has 6 nitrogen and oxygen atoms in total. The van der Waals surface area contributed by atoms with Crippen LogP contribution in [-0.2, 0) is 15.7 Å². The van der Waals surface area contributed by atoms with Crippen molar-refractivity contribution in [2.24, 2.45) is 0 Å². The van der Waals surface area contributed by atoms with Gasteiger partial charge in [0.15, 0.2) is 0 Å². The Kier molecular flexibility index (Phi) is 5.97. The molecule has 1 atom stereocenters. The van der Waals surface area contributed by atoms with Crippen LogP contribution in [0.2, 0.25) is 0 Å². The molecule has 24 heavy (non-hydrogen) atoms. The van der Waals surface area contributed by atoms with Crippen LogP contribution >= 0.6 is 0 Å². The summed E-state index contributed by atoms with van der Waals surface area (Å²) in [4.78, 5) is 12.4. The molecule has 7 heteroatoms. The van der Waals surface area contributed by atoms with E-state index in [4.69, 9.17) is 10.00 Å². The van der Waals surface area contributed by atoms with Crippen molar-refractivity contribution in [2.75, 3.05) is 13.1 Å². The van der Waals surface area contributed by atoms with E-state index in [1.54, 1.807) is 24.3 Å². The van der Waals surface area contributed by atoms with Gasteiger partial charge in [-0.15, -0.1) is 0 Å². The van der Waals surface area contributed by atoms with Crippen molar-refractivity contribution in [1.29, 1.82) is 5.26 Å². The van der Waals surface area contributed by atoms with Crippen molar-refractivity contribution in [3.05, 3.63) is 29.8 Å². The van der Waals surface area contributed by atoms with Gasteiger partial charge in [0, 0.05) is 19.1 Å². The molecule has 1 saturated heterocycles. The van der Waals surface area contributed by atoms with E-state index in [9.17, 15) is 9.00 Å². The summed E-state index contributed by atoms with van der Waals surface area (Å²) in [5, 5.41) is 11.8. The van der Waals surface area contributed by atoms with E-state index in [-0.39, 0.29) is 6.04 Å². The Morgan fingerprint density at radius 3 is 2.62 bits per heavy atom. The normalized spacial score (nSPS) is 17.8. The lowest BCUT2D eigenvalue weighted by atomic mass is 10.1. The van der Waals surface area contributed by atoms with Crippen molar-refractivity contribution in [1.82, 2.24) is 9.62 Å². The number of piperidine rings is 1. The van der Waals surface area contributed by atoms with Crippen molar-refractivity contribution in [2.45, 2.75) is 50.2 Å². The zero-order chi connectivity index (χ0) is 17.7. The SMILES string of the molecule is CC(C)(C)OC(=O)NC1CCN(S(=O)c2cccc(C#N)c2)CC1. The topological polar surface area (TPSA) is 82.4 Å². The van der Waals surface area contributed by atoms with Gasteiger partial charge in [0.2, 0.25) is 0 Å². The van der Waals surface area contributed by atoms with Gasteiger partial charge in [-0.05, 0) is 51.8 Å². The molecule has 130 valence electrons. The molecule has 1 heterocycles. The van der Waals surface area contributed by atoms with E-state index in [0.29, 0.717) is 36.4 Å². The lowest BCUT2D eigenvalue weighted by Crippen LogP contribution is -2.46. The fourth-order valence-corrected chi connectivity index (χ4v) is 3.73. The highest BCUT2D eigenvalue weighted by Gasteiger charge is 2.26.